The molecule has 1 N–H and O–H groups in total. The number of carboxylic acid groups (broad SMARTS) is 1. The first-order chi connectivity index (χ1) is 9.11. The van der Waals surface area contributed by atoms with E-state index in [2.05, 4.69) is 0 Å². The monoisotopic (exact) mass is 290 g/mol. The maximum Gasteiger partial charge on any atom is 0.416 e. The number of hydrogen-bond donors (Lipinski definition) is 1. The molecule has 0 aliphatic carbocycles. The topological polar surface area (TPSA) is 46.5 Å². The van der Waals surface area contributed by atoms with E-state index in [0.717, 1.165) is 12.1 Å². The van der Waals surface area contributed by atoms with Gasteiger partial charge >= 0.3 is 12.1 Å². The fourth-order valence-corrected chi connectivity index (χ4v) is 1.90. The van der Waals surface area contributed by atoms with Crippen LogP contribution in [-0.2, 0) is 6.18 Å². The molecular weight excluding hydrogens is 273 g/mol. The van der Waals surface area contributed by atoms with Gasteiger partial charge in [0.2, 0.25) is 0 Å². The van der Waals surface area contributed by atoms with E-state index < -0.39 is 23.3 Å². The molecule has 3 nitrogen and oxygen atoms in total. The summed E-state index contributed by atoms with van der Waals surface area (Å²) in [6.45, 7) is 5.71. The van der Waals surface area contributed by atoms with Crippen LogP contribution >= 0.6 is 0 Å². The molecule has 0 heterocycles. The van der Waals surface area contributed by atoms with Gasteiger partial charge in [-0.3, -0.25) is 0 Å². The Kier molecular flexibility index (Phi) is 5.03. The second-order valence-corrected chi connectivity index (χ2v) is 5.07. The lowest BCUT2D eigenvalue weighted by atomic mass is 10.1. The van der Waals surface area contributed by atoms with Gasteiger partial charge in [0.15, 0.2) is 0 Å². The molecule has 1 rings (SSSR count). The summed E-state index contributed by atoms with van der Waals surface area (Å²) in [5.41, 5.74) is -1.48. The average molecular weight is 290 g/mol. The fraction of sp³-hybridized carbons (Fsp3) is 0.500. The Bertz CT molecular complexity index is 481. The largest absolute Gasteiger partial charge is 0.490 e. The maximum absolute atomic E-state index is 12.6. The third-order valence-electron chi connectivity index (χ3n) is 2.67. The van der Waals surface area contributed by atoms with Crippen LogP contribution in [0, 0.1) is 5.92 Å². The second-order valence-electron chi connectivity index (χ2n) is 5.07. The summed E-state index contributed by atoms with van der Waals surface area (Å²) >= 11 is 0. The minimum Gasteiger partial charge on any atom is -0.490 e. The number of halogens is 3. The van der Waals surface area contributed by atoms with E-state index in [9.17, 15) is 18.0 Å². The second kappa shape index (κ2) is 6.15. The van der Waals surface area contributed by atoms with Crippen LogP contribution in [0.5, 0.6) is 5.75 Å². The highest BCUT2D eigenvalue weighted by atomic mass is 19.4. The zero-order valence-electron chi connectivity index (χ0n) is 11.5. The van der Waals surface area contributed by atoms with Crippen molar-refractivity contribution in [3.8, 4) is 5.75 Å². The first-order valence-corrected chi connectivity index (χ1v) is 6.22. The van der Waals surface area contributed by atoms with Crippen LogP contribution in [0.4, 0.5) is 13.2 Å². The molecule has 0 aliphatic rings. The lowest BCUT2D eigenvalue weighted by Crippen LogP contribution is -2.17. The third kappa shape index (κ3) is 4.43. The SMILES string of the molecule is CC(C)CC(C)Oc1ccc(C(F)(F)F)cc1C(=O)O. The van der Waals surface area contributed by atoms with Crippen molar-refractivity contribution in [2.45, 2.75) is 39.5 Å². The normalized spacial score (nSPS) is 13.3. The summed E-state index contributed by atoms with van der Waals surface area (Å²) in [7, 11) is 0. The van der Waals surface area contributed by atoms with E-state index >= 15 is 0 Å². The Balaban J connectivity index is 3.05. The van der Waals surface area contributed by atoms with Crippen LogP contribution in [0.25, 0.3) is 0 Å². The van der Waals surface area contributed by atoms with Crippen molar-refractivity contribution in [2.24, 2.45) is 5.92 Å². The average Bonchev–Trinajstić information content (AvgIpc) is 2.26. The minimum absolute atomic E-state index is 0.0429. The first-order valence-electron chi connectivity index (χ1n) is 6.22. The molecule has 0 bridgehead atoms. The lowest BCUT2D eigenvalue weighted by molar-refractivity contribution is -0.137. The van der Waals surface area contributed by atoms with Gasteiger partial charge in [0.1, 0.15) is 11.3 Å². The molecule has 0 aromatic heterocycles. The van der Waals surface area contributed by atoms with Crippen molar-refractivity contribution in [3.63, 3.8) is 0 Å². The van der Waals surface area contributed by atoms with Crippen molar-refractivity contribution < 1.29 is 27.8 Å². The number of benzene rings is 1. The van der Waals surface area contributed by atoms with Crippen LogP contribution < -0.4 is 4.74 Å². The molecule has 0 amide bonds. The lowest BCUT2D eigenvalue weighted by Gasteiger charge is -2.18. The van der Waals surface area contributed by atoms with Crippen molar-refractivity contribution in [3.05, 3.63) is 29.3 Å². The van der Waals surface area contributed by atoms with Crippen LogP contribution in [0.3, 0.4) is 0 Å². The highest BCUT2D eigenvalue weighted by molar-refractivity contribution is 5.91. The molecule has 0 saturated carbocycles. The Morgan fingerprint density at radius 3 is 2.35 bits per heavy atom. The predicted molar refractivity (Wildman–Crippen MR) is 67.9 cm³/mol. The van der Waals surface area contributed by atoms with Gasteiger partial charge in [0, 0.05) is 0 Å². The van der Waals surface area contributed by atoms with Crippen molar-refractivity contribution in [2.75, 3.05) is 0 Å². The number of aromatic carboxylic acids is 1. The van der Waals surface area contributed by atoms with Gasteiger partial charge in [-0.25, -0.2) is 4.79 Å². The number of rotatable bonds is 5. The van der Waals surface area contributed by atoms with Crippen LogP contribution in [0.15, 0.2) is 18.2 Å². The van der Waals surface area contributed by atoms with Crippen LogP contribution in [0.2, 0.25) is 0 Å². The molecular formula is C14H17F3O3. The molecule has 0 aliphatic heterocycles. The van der Waals surface area contributed by atoms with E-state index in [-0.39, 0.29) is 11.9 Å². The zero-order chi connectivity index (χ0) is 15.5. The molecule has 1 unspecified atom stereocenters. The molecule has 1 aromatic carbocycles. The summed E-state index contributed by atoms with van der Waals surface area (Å²) in [6, 6.07) is 2.48. The standard InChI is InChI=1S/C14H17F3O3/c1-8(2)6-9(3)20-12-5-4-10(14(15,16)17)7-11(12)13(18)19/h4-5,7-9H,6H2,1-3H3,(H,18,19). The fourth-order valence-electron chi connectivity index (χ4n) is 1.90. The summed E-state index contributed by atoms with van der Waals surface area (Å²) in [4.78, 5) is 11.1. The minimum atomic E-state index is -4.58. The van der Waals surface area contributed by atoms with Gasteiger partial charge in [-0.05, 0) is 37.5 Å². The van der Waals surface area contributed by atoms with E-state index in [1.807, 2.05) is 13.8 Å². The van der Waals surface area contributed by atoms with E-state index in [0.29, 0.717) is 18.4 Å². The highest BCUT2D eigenvalue weighted by Crippen LogP contribution is 2.33. The Morgan fingerprint density at radius 1 is 1.30 bits per heavy atom. The number of alkyl halides is 3. The molecule has 112 valence electrons. The molecule has 6 heteroatoms. The van der Waals surface area contributed by atoms with Gasteiger partial charge in [-0.15, -0.1) is 0 Å². The zero-order valence-corrected chi connectivity index (χ0v) is 11.5. The van der Waals surface area contributed by atoms with Gasteiger partial charge in [0.25, 0.3) is 0 Å². The molecule has 20 heavy (non-hydrogen) atoms. The number of ether oxygens (including phenoxy) is 1. The summed E-state index contributed by atoms with van der Waals surface area (Å²) in [5, 5.41) is 9.00. The van der Waals surface area contributed by atoms with Gasteiger partial charge in [-0.2, -0.15) is 13.2 Å². The predicted octanol–water partition coefficient (Wildman–Crippen LogP) is 4.22. The molecule has 0 radical (unpaired) electrons. The molecule has 0 saturated heterocycles. The van der Waals surface area contributed by atoms with E-state index in [1.165, 1.54) is 0 Å². The van der Waals surface area contributed by atoms with Gasteiger partial charge < -0.3 is 9.84 Å². The number of carboxylic acids is 1. The Hall–Kier alpha value is -1.72. The molecule has 1 atom stereocenters. The van der Waals surface area contributed by atoms with E-state index in [4.69, 9.17) is 9.84 Å². The van der Waals surface area contributed by atoms with E-state index in [1.54, 1.807) is 6.92 Å². The maximum atomic E-state index is 12.6. The smallest absolute Gasteiger partial charge is 0.416 e. The van der Waals surface area contributed by atoms with Crippen molar-refractivity contribution in [1.82, 2.24) is 0 Å². The third-order valence-corrected chi connectivity index (χ3v) is 2.67. The highest BCUT2D eigenvalue weighted by Gasteiger charge is 2.32. The Morgan fingerprint density at radius 2 is 1.90 bits per heavy atom. The van der Waals surface area contributed by atoms with Gasteiger partial charge in [0.05, 0.1) is 11.7 Å². The quantitative estimate of drug-likeness (QED) is 0.883. The van der Waals surface area contributed by atoms with Crippen LogP contribution in [-0.4, -0.2) is 17.2 Å². The number of hydrogen-bond acceptors (Lipinski definition) is 2. The summed E-state index contributed by atoms with van der Waals surface area (Å²) < 4.78 is 43.1. The Labute approximate surface area is 115 Å². The molecule has 0 spiro atoms. The molecule has 0 fully saturated rings. The van der Waals surface area contributed by atoms with Crippen LogP contribution in [0.1, 0.15) is 43.1 Å². The van der Waals surface area contributed by atoms with Crippen molar-refractivity contribution >= 4 is 5.97 Å². The number of carbonyl (C=O) groups is 1. The first kappa shape index (κ1) is 16.3. The summed E-state index contributed by atoms with van der Waals surface area (Å²) in [5.74, 6) is -1.14. The molecule has 1 aromatic rings. The summed E-state index contributed by atoms with van der Waals surface area (Å²) in [6.07, 6.45) is -4.17. The van der Waals surface area contributed by atoms with Crippen molar-refractivity contribution in [1.29, 1.82) is 0 Å². The van der Waals surface area contributed by atoms with Gasteiger partial charge in [-0.1, -0.05) is 13.8 Å².